The zero-order chi connectivity index (χ0) is 33.5. The van der Waals surface area contributed by atoms with Crippen LogP contribution in [-0.2, 0) is 6.42 Å². The smallest absolute Gasteiger partial charge is 0.291 e. The molecule has 2 aliphatic rings. The van der Waals surface area contributed by atoms with Gasteiger partial charge in [-0.2, -0.15) is 0 Å². The summed E-state index contributed by atoms with van der Waals surface area (Å²) in [7, 11) is 1.65. The maximum atomic E-state index is 13.5. The van der Waals surface area contributed by atoms with Crippen molar-refractivity contribution in [2.75, 3.05) is 43.5 Å². The van der Waals surface area contributed by atoms with Crippen LogP contribution in [0.1, 0.15) is 69.0 Å². The van der Waals surface area contributed by atoms with Crippen molar-refractivity contribution in [2.45, 2.75) is 46.0 Å². The van der Waals surface area contributed by atoms with Crippen LogP contribution in [0, 0.1) is 19.8 Å². The number of methoxy groups -OCH3 is 1. The molecule has 3 aromatic carbocycles. The quantitative estimate of drug-likeness (QED) is 0.185. The molecule has 2 aliphatic heterocycles. The number of anilines is 2. The molecule has 0 spiro atoms. The molecule has 8 nitrogen and oxygen atoms in total. The number of nitrogens with one attached hydrogen (secondary N) is 2. The van der Waals surface area contributed by atoms with Crippen molar-refractivity contribution in [1.29, 1.82) is 0 Å². The van der Waals surface area contributed by atoms with Gasteiger partial charge in [0.05, 0.1) is 19.4 Å². The molecule has 0 aliphatic carbocycles. The number of hydrogen-bond acceptors (Lipinski definition) is 6. The van der Waals surface area contributed by atoms with Crippen molar-refractivity contribution in [3.63, 3.8) is 0 Å². The number of furan rings is 1. The number of ether oxygens (including phenoxy) is 1. The van der Waals surface area contributed by atoms with Gasteiger partial charge in [-0.25, -0.2) is 0 Å². The Morgan fingerprint density at radius 3 is 2.56 bits per heavy atom. The van der Waals surface area contributed by atoms with Gasteiger partial charge in [-0.15, -0.1) is 0 Å². The van der Waals surface area contributed by atoms with Gasteiger partial charge in [0.1, 0.15) is 11.5 Å². The third-order valence-corrected chi connectivity index (χ3v) is 9.31. The van der Waals surface area contributed by atoms with E-state index in [1.54, 1.807) is 25.3 Å². The Labute approximate surface area is 282 Å². The molecular weight excluding hydrogens is 600 g/mol. The van der Waals surface area contributed by atoms with Gasteiger partial charge in [0.15, 0.2) is 5.76 Å². The van der Waals surface area contributed by atoms with Crippen molar-refractivity contribution < 1.29 is 18.7 Å². The van der Waals surface area contributed by atoms with Gasteiger partial charge >= 0.3 is 0 Å². The number of nitrogens with zero attached hydrogens (tertiary/aromatic N) is 2. The Morgan fingerprint density at radius 2 is 1.79 bits per heavy atom. The molecule has 1 saturated heterocycles. The largest absolute Gasteiger partial charge is 0.497 e. The zero-order valence-corrected chi connectivity index (χ0v) is 28.1. The lowest BCUT2D eigenvalue weighted by atomic mass is 9.91. The zero-order valence-electron chi connectivity index (χ0n) is 28.1. The molecule has 8 heteroatoms. The summed E-state index contributed by atoms with van der Waals surface area (Å²) in [5, 5.41) is 6.13. The third-order valence-electron chi connectivity index (χ3n) is 9.31. The van der Waals surface area contributed by atoms with Crippen LogP contribution in [0.3, 0.4) is 0 Å². The summed E-state index contributed by atoms with van der Waals surface area (Å²) in [6.45, 7) is 6.98. The fourth-order valence-corrected chi connectivity index (χ4v) is 6.68. The molecule has 1 unspecified atom stereocenters. The fourth-order valence-electron chi connectivity index (χ4n) is 6.68. The van der Waals surface area contributed by atoms with E-state index in [-0.39, 0.29) is 17.6 Å². The molecular formula is C40H44N4O4. The highest BCUT2D eigenvalue weighted by atomic mass is 16.5. The lowest BCUT2D eigenvalue weighted by Gasteiger charge is -2.25. The van der Waals surface area contributed by atoms with Gasteiger partial charge < -0.3 is 24.7 Å². The van der Waals surface area contributed by atoms with Crippen molar-refractivity contribution >= 4 is 34.5 Å². The molecule has 0 radical (unpaired) electrons. The summed E-state index contributed by atoms with van der Waals surface area (Å²) in [5.74, 6) is 1.59. The number of benzene rings is 3. The average molecular weight is 645 g/mol. The molecule has 0 bridgehead atoms. The highest BCUT2D eigenvalue weighted by molar-refractivity contribution is 6.26. The van der Waals surface area contributed by atoms with Crippen LogP contribution in [0.4, 0.5) is 11.4 Å². The molecule has 248 valence electrons. The van der Waals surface area contributed by atoms with Crippen LogP contribution in [0.5, 0.6) is 5.75 Å². The van der Waals surface area contributed by atoms with Crippen LogP contribution in [0.2, 0.25) is 0 Å². The molecule has 48 heavy (non-hydrogen) atoms. The summed E-state index contributed by atoms with van der Waals surface area (Å²) >= 11 is 0. The molecule has 1 fully saturated rings. The summed E-state index contributed by atoms with van der Waals surface area (Å²) in [6.07, 6.45) is 7.08. The Balaban J connectivity index is 1.17. The molecule has 3 heterocycles. The van der Waals surface area contributed by atoms with Crippen molar-refractivity contribution in [2.24, 2.45) is 10.9 Å². The predicted molar refractivity (Wildman–Crippen MR) is 193 cm³/mol. The minimum absolute atomic E-state index is 0.225. The Kier molecular flexibility index (Phi) is 10.4. The van der Waals surface area contributed by atoms with E-state index in [1.807, 2.05) is 43.3 Å². The first-order valence-corrected chi connectivity index (χ1v) is 16.9. The number of hydrogen-bond donors (Lipinski definition) is 2. The number of amides is 2. The van der Waals surface area contributed by atoms with Crippen LogP contribution in [-0.4, -0.2) is 50.8 Å². The Bertz CT molecular complexity index is 1820. The minimum Gasteiger partial charge on any atom is -0.497 e. The van der Waals surface area contributed by atoms with Gasteiger partial charge in [-0.3, -0.25) is 14.6 Å². The maximum absolute atomic E-state index is 13.5. The molecule has 0 saturated carbocycles. The van der Waals surface area contributed by atoms with E-state index in [1.165, 1.54) is 11.3 Å². The SMILES string of the molecule is COc1ccc(C2=CCCN=C2CNC(=O)c2ccc(CC3CCCN(c4ccccc4C)CC3)c(NC(=O)c3ccc(C)o3)c2)cc1. The first kappa shape index (κ1) is 32.8. The maximum Gasteiger partial charge on any atom is 0.291 e. The second-order valence-electron chi connectivity index (χ2n) is 12.7. The molecule has 4 aromatic rings. The minimum atomic E-state index is -0.334. The van der Waals surface area contributed by atoms with E-state index in [0.717, 1.165) is 73.4 Å². The average Bonchev–Trinajstić information content (AvgIpc) is 3.42. The molecule has 1 aromatic heterocycles. The molecule has 2 amide bonds. The molecule has 6 rings (SSSR count). The van der Waals surface area contributed by atoms with Gasteiger partial charge in [0.2, 0.25) is 0 Å². The number of dihydropyridines is 1. The predicted octanol–water partition coefficient (Wildman–Crippen LogP) is 7.66. The van der Waals surface area contributed by atoms with Crippen molar-refractivity contribution in [1.82, 2.24) is 5.32 Å². The third kappa shape index (κ3) is 7.88. The van der Waals surface area contributed by atoms with E-state index in [4.69, 9.17) is 14.1 Å². The van der Waals surface area contributed by atoms with Gasteiger partial charge in [-0.05, 0) is 111 Å². The number of para-hydroxylation sites is 1. The monoisotopic (exact) mass is 644 g/mol. The highest BCUT2D eigenvalue weighted by Crippen LogP contribution is 2.30. The second kappa shape index (κ2) is 15.2. The summed E-state index contributed by atoms with van der Waals surface area (Å²) in [5.41, 5.74) is 7.62. The number of aryl methyl sites for hydroxylation is 2. The number of carbonyl (C=O) groups is 2. The Morgan fingerprint density at radius 1 is 0.958 bits per heavy atom. The lowest BCUT2D eigenvalue weighted by Crippen LogP contribution is -2.31. The van der Waals surface area contributed by atoms with Gasteiger partial charge in [-0.1, -0.05) is 42.5 Å². The molecule has 2 N–H and O–H groups in total. The van der Waals surface area contributed by atoms with Crippen LogP contribution < -0.4 is 20.3 Å². The fraction of sp³-hybridized carbons (Fsp3) is 0.325. The van der Waals surface area contributed by atoms with Crippen LogP contribution >= 0.6 is 0 Å². The Hall–Kier alpha value is -5.11. The molecule has 1 atom stereocenters. The summed E-state index contributed by atoms with van der Waals surface area (Å²) in [4.78, 5) is 34.0. The first-order valence-electron chi connectivity index (χ1n) is 16.9. The topological polar surface area (TPSA) is 96.2 Å². The van der Waals surface area contributed by atoms with E-state index >= 15 is 0 Å². The summed E-state index contributed by atoms with van der Waals surface area (Å²) < 4.78 is 10.9. The lowest BCUT2D eigenvalue weighted by molar-refractivity contribution is 0.0957. The first-order chi connectivity index (χ1) is 23.4. The normalized spacial score (nSPS) is 16.4. The van der Waals surface area contributed by atoms with E-state index in [0.29, 0.717) is 36.0 Å². The van der Waals surface area contributed by atoms with E-state index in [2.05, 4.69) is 52.8 Å². The number of aliphatic imine (C=N–C) groups is 1. The standard InChI is InChI=1S/C40H44N4O4/c1-27-8-4-5-11-37(27)44-22-7-9-29(20-23-44)24-31-13-14-32(25-35(31)43-40(46)38-19-12-28(2)48-38)39(45)42-26-36-34(10-6-21-41-36)30-15-17-33(47-3)18-16-30/h4-5,8,10-19,25,29H,6-7,9,20-24,26H2,1-3H3,(H,42,45)(H,43,46). The van der Waals surface area contributed by atoms with Crippen LogP contribution in [0.25, 0.3) is 5.57 Å². The number of rotatable bonds is 10. The van der Waals surface area contributed by atoms with Gasteiger partial charge in [0, 0.05) is 42.1 Å². The van der Waals surface area contributed by atoms with E-state index < -0.39 is 0 Å². The summed E-state index contributed by atoms with van der Waals surface area (Å²) in [6, 6.07) is 25.5. The van der Waals surface area contributed by atoms with Crippen molar-refractivity contribution in [3.05, 3.63) is 119 Å². The van der Waals surface area contributed by atoms with Crippen LogP contribution in [0.15, 0.2) is 94.3 Å². The van der Waals surface area contributed by atoms with Gasteiger partial charge in [0.25, 0.3) is 11.8 Å². The second-order valence-corrected chi connectivity index (χ2v) is 12.7. The number of carbonyl (C=O) groups excluding carboxylic acids is 2. The van der Waals surface area contributed by atoms with E-state index in [9.17, 15) is 9.59 Å². The van der Waals surface area contributed by atoms with Crippen molar-refractivity contribution in [3.8, 4) is 5.75 Å². The highest BCUT2D eigenvalue weighted by Gasteiger charge is 2.22.